The highest BCUT2D eigenvalue weighted by Crippen LogP contribution is 2.48. The predicted octanol–water partition coefficient (Wildman–Crippen LogP) is 3.16. The minimum atomic E-state index is -2.81. The van der Waals surface area contributed by atoms with Gasteiger partial charge in [0.2, 0.25) is 5.92 Å². The Hall–Kier alpha value is -1.53. The first-order valence-corrected chi connectivity index (χ1v) is 10.5. The first-order valence-electron chi connectivity index (χ1n) is 10.5. The number of halogens is 2. The van der Waals surface area contributed by atoms with Crippen molar-refractivity contribution in [2.45, 2.75) is 50.0 Å². The second kappa shape index (κ2) is 7.71. The second-order valence-corrected chi connectivity index (χ2v) is 8.93. The molecule has 154 valence electrons. The van der Waals surface area contributed by atoms with Crippen LogP contribution in [0.25, 0.3) is 0 Å². The molecule has 1 aliphatic carbocycles. The fourth-order valence-electron chi connectivity index (χ4n) is 5.41. The molecule has 1 aromatic rings. The van der Waals surface area contributed by atoms with Crippen molar-refractivity contribution < 1.29 is 18.7 Å². The number of benzene rings is 1. The third-order valence-electron chi connectivity index (χ3n) is 6.90. The third-order valence-corrected chi connectivity index (χ3v) is 6.90. The van der Waals surface area contributed by atoms with E-state index in [0.717, 1.165) is 32.4 Å². The molecule has 4 rings (SSSR count). The van der Waals surface area contributed by atoms with E-state index in [4.69, 9.17) is 0 Å². The van der Waals surface area contributed by atoms with E-state index in [1.165, 1.54) is 0 Å². The van der Waals surface area contributed by atoms with Gasteiger partial charge in [0.25, 0.3) is 5.91 Å². The molecule has 1 saturated carbocycles. The van der Waals surface area contributed by atoms with Gasteiger partial charge in [0.1, 0.15) is 0 Å². The molecule has 1 amide bonds. The molecule has 0 spiro atoms. The molecular formula is C22H30F2N2O2. The highest BCUT2D eigenvalue weighted by molar-refractivity contribution is 5.87. The Kier molecular flexibility index (Phi) is 5.45. The number of nitrogens with one attached hydrogen (secondary N) is 1. The molecule has 6 heteroatoms. The molecule has 4 nitrogen and oxygen atoms in total. The molecule has 2 bridgehead atoms. The van der Waals surface area contributed by atoms with Gasteiger partial charge in [0.05, 0.1) is 0 Å². The first kappa shape index (κ1) is 19.8. The normalized spacial score (nSPS) is 32.2. The predicted molar refractivity (Wildman–Crippen MR) is 103 cm³/mol. The number of rotatable bonds is 3. The zero-order valence-corrected chi connectivity index (χ0v) is 16.2. The Balaban J connectivity index is 1.63. The van der Waals surface area contributed by atoms with Crippen LogP contribution in [0, 0.1) is 17.8 Å². The zero-order chi connectivity index (χ0) is 19.8. The Morgan fingerprint density at radius 2 is 1.75 bits per heavy atom. The van der Waals surface area contributed by atoms with Crippen LogP contribution < -0.4 is 5.32 Å². The Labute approximate surface area is 165 Å². The average molecular weight is 392 g/mol. The molecule has 1 aromatic carbocycles. The number of aliphatic hydroxyl groups is 1. The van der Waals surface area contributed by atoms with E-state index in [1.54, 1.807) is 29.2 Å². The summed E-state index contributed by atoms with van der Waals surface area (Å²) in [6, 6.07) is 8.71. The number of amides is 1. The van der Waals surface area contributed by atoms with Gasteiger partial charge in [0.15, 0.2) is 5.60 Å². The SMILES string of the molecule is O=C(N1CC2CCNCCC(C2)C1)C(O)(c1ccccc1)C1CCC(F)(F)C1. The van der Waals surface area contributed by atoms with Crippen LogP contribution in [0.1, 0.15) is 44.1 Å². The Morgan fingerprint density at radius 1 is 1.11 bits per heavy atom. The molecule has 28 heavy (non-hydrogen) atoms. The number of carbonyl (C=O) groups excluding carboxylic acids is 1. The van der Waals surface area contributed by atoms with E-state index in [9.17, 15) is 18.7 Å². The summed E-state index contributed by atoms with van der Waals surface area (Å²) >= 11 is 0. The van der Waals surface area contributed by atoms with Crippen molar-refractivity contribution in [3.63, 3.8) is 0 Å². The maximum absolute atomic E-state index is 14.0. The molecular weight excluding hydrogens is 362 g/mol. The van der Waals surface area contributed by atoms with Gasteiger partial charge in [-0.2, -0.15) is 0 Å². The van der Waals surface area contributed by atoms with Crippen LogP contribution >= 0.6 is 0 Å². The summed E-state index contributed by atoms with van der Waals surface area (Å²) in [5, 5.41) is 15.1. The molecule has 2 N–H and O–H groups in total. The number of fused-ring (bicyclic) bond motifs is 2. The van der Waals surface area contributed by atoms with Crippen molar-refractivity contribution in [2.24, 2.45) is 17.8 Å². The maximum atomic E-state index is 14.0. The molecule has 4 atom stereocenters. The monoisotopic (exact) mass is 392 g/mol. The highest BCUT2D eigenvalue weighted by atomic mass is 19.3. The number of alkyl halides is 2. The largest absolute Gasteiger partial charge is 0.375 e. The summed E-state index contributed by atoms with van der Waals surface area (Å²) in [4.78, 5) is 15.4. The van der Waals surface area contributed by atoms with Gasteiger partial charge in [-0.15, -0.1) is 0 Å². The van der Waals surface area contributed by atoms with Gasteiger partial charge in [0, 0.05) is 31.8 Å². The molecule has 3 fully saturated rings. The van der Waals surface area contributed by atoms with Gasteiger partial charge in [-0.3, -0.25) is 4.79 Å². The molecule has 2 heterocycles. The van der Waals surface area contributed by atoms with E-state index >= 15 is 0 Å². The van der Waals surface area contributed by atoms with Crippen molar-refractivity contribution >= 4 is 5.91 Å². The van der Waals surface area contributed by atoms with Crippen LogP contribution in [-0.2, 0) is 10.4 Å². The van der Waals surface area contributed by atoms with Gasteiger partial charge in [-0.05, 0) is 56.2 Å². The topological polar surface area (TPSA) is 52.6 Å². The number of hydrogen-bond donors (Lipinski definition) is 2. The van der Waals surface area contributed by atoms with Gasteiger partial charge in [-0.25, -0.2) is 8.78 Å². The first-order chi connectivity index (χ1) is 13.4. The van der Waals surface area contributed by atoms with Crippen molar-refractivity contribution in [2.75, 3.05) is 26.2 Å². The molecule has 0 radical (unpaired) electrons. The van der Waals surface area contributed by atoms with Crippen molar-refractivity contribution in [3.05, 3.63) is 35.9 Å². The number of likely N-dealkylation sites (tertiary alicyclic amines) is 1. The van der Waals surface area contributed by atoms with Crippen molar-refractivity contribution in [1.29, 1.82) is 0 Å². The zero-order valence-electron chi connectivity index (χ0n) is 16.2. The van der Waals surface area contributed by atoms with Gasteiger partial charge < -0.3 is 15.3 Å². The number of carbonyl (C=O) groups is 1. The van der Waals surface area contributed by atoms with Crippen LogP contribution in [0.3, 0.4) is 0 Å². The minimum absolute atomic E-state index is 0.161. The fraction of sp³-hybridized carbons (Fsp3) is 0.682. The lowest BCUT2D eigenvalue weighted by molar-refractivity contribution is -0.163. The minimum Gasteiger partial charge on any atom is -0.375 e. The van der Waals surface area contributed by atoms with Crippen LogP contribution in [0.15, 0.2) is 30.3 Å². The summed E-state index contributed by atoms with van der Waals surface area (Å²) in [5.74, 6) is -3.15. The van der Waals surface area contributed by atoms with E-state index in [2.05, 4.69) is 5.32 Å². The van der Waals surface area contributed by atoms with Crippen molar-refractivity contribution in [1.82, 2.24) is 10.2 Å². The lowest BCUT2D eigenvalue weighted by atomic mass is 9.77. The van der Waals surface area contributed by atoms with E-state index in [1.807, 2.05) is 6.07 Å². The van der Waals surface area contributed by atoms with Crippen LogP contribution in [0.5, 0.6) is 0 Å². The smallest absolute Gasteiger partial charge is 0.259 e. The number of nitrogens with zero attached hydrogens (tertiary/aromatic N) is 1. The quantitative estimate of drug-likeness (QED) is 0.831. The highest BCUT2D eigenvalue weighted by Gasteiger charge is 2.55. The van der Waals surface area contributed by atoms with E-state index < -0.39 is 23.9 Å². The summed E-state index contributed by atoms with van der Waals surface area (Å²) in [5.41, 5.74) is -1.44. The summed E-state index contributed by atoms with van der Waals surface area (Å²) in [6.45, 7) is 3.10. The van der Waals surface area contributed by atoms with Gasteiger partial charge in [-0.1, -0.05) is 30.3 Å². The van der Waals surface area contributed by atoms with Crippen LogP contribution in [0.4, 0.5) is 8.78 Å². The lowest BCUT2D eigenvalue weighted by Crippen LogP contribution is -2.55. The van der Waals surface area contributed by atoms with E-state index in [0.29, 0.717) is 30.5 Å². The van der Waals surface area contributed by atoms with Crippen LogP contribution in [-0.4, -0.2) is 48.0 Å². The molecule has 3 aliphatic rings. The summed E-state index contributed by atoms with van der Waals surface area (Å²) in [6.07, 6.45) is 2.58. The molecule has 4 unspecified atom stereocenters. The van der Waals surface area contributed by atoms with Gasteiger partial charge >= 0.3 is 0 Å². The van der Waals surface area contributed by atoms with Crippen LogP contribution in [0.2, 0.25) is 0 Å². The van der Waals surface area contributed by atoms with E-state index in [-0.39, 0.29) is 18.7 Å². The Morgan fingerprint density at radius 3 is 2.32 bits per heavy atom. The summed E-state index contributed by atoms with van der Waals surface area (Å²) < 4.78 is 28.0. The maximum Gasteiger partial charge on any atom is 0.259 e. The standard InChI is InChI=1S/C22H30F2N2O2/c23-21(24)9-6-19(13-21)22(28,18-4-2-1-3-5-18)20(27)26-14-16-7-10-25-11-8-17(12-16)15-26/h1-5,16-17,19,25,28H,6-15H2. The molecule has 2 aliphatic heterocycles. The molecule has 2 saturated heterocycles. The second-order valence-electron chi connectivity index (χ2n) is 8.93. The fourth-order valence-corrected chi connectivity index (χ4v) is 5.41. The Bertz CT molecular complexity index is 685. The lowest BCUT2D eigenvalue weighted by Gasteiger charge is -2.44. The summed E-state index contributed by atoms with van der Waals surface area (Å²) in [7, 11) is 0. The number of hydrogen-bond acceptors (Lipinski definition) is 3. The average Bonchev–Trinajstić information content (AvgIpc) is 3.06. The molecule has 0 aromatic heterocycles. The van der Waals surface area contributed by atoms with Crippen molar-refractivity contribution in [3.8, 4) is 0 Å². The third kappa shape index (κ3) is 3.81. The number of piperidine rings is 1.